The molecule has 0 amide bonds. The average molecular weight is 258 g/mol. The molecule has 74 valence electrons. The van der Waals surface area contributed by atoms with Crippen molar-refractivity contribution in [3.63, 3.8) is 0 Å². The standard InChI is InChI=1S/C9H8BrNO3/c10-7-2-1-6(5-12)8(3-7)11-4-9(13)14/h1-3,5,11H,4H2,(H,13,14). The number of hydrogen-bond acceptors (Lipinski definition) is 3. The minimum atomic E-state index is -0.971. The van der Waals surface area contributed by atoms with Gasteiger partial charge in [-0.25, -0.2) is 0 Å². The number of benzene rings is 1. The van der Waals surface area contributed by atoms with Crippen molar-refractivity contribution in [2.24, 2.45) is 0 Å². The lowest BCUT2D eigenvalue weighted by molar-refractivity contribution is -0.134. The van der Waals surface area contributed by atoms with Crippen LogP contribution in [0.2, 0.25) is 0 Å². The van der Waals surface area contributed by atoms with Crippen LogP contribution in [0, 0.1) is 0 Å². The molecule has 5 heteroatoms. The van der Waals surface area contributed by atoms with E-state index in [1.165, 1.54) is 0 Å². The normalized spacial score (nSPS) is 9.50. The number of hydrogen-bond donors (Lipinski definition) is 2. The van der Waals surface area contributed by atoms with Crippen molar-refractivity contribution in [3.8, 4) is 0 Å². The van der Waals surface area contributed by atoms with E-state index in [1.807, 2.05) is 0 Å². The Morgan fingerprint density at radius 1 is 1.57 bits per heavy atom. The molecule has 0 saturated heterocycles. The summed E-state index contributed by atoms with van der Waals surface area (Å²) in [7, 11) is 0. The summed E-state index contributed by atoms with van der Waals surface area (Å²) < 4.78 is 0.788. The minimum absolute atomic E-state index is 0.211. The molecule has 1 aromatic rings. The van der Waals surface area contributed by atoms with Crippen LogP contribution in [0.15, 0.2) is 22.7 Å². The molecule has 1 aromatic carbocycles. The maximum Gasteiger partial charge on any atom is 0.322 e. The number of carbonyl (C=O) groups is 2. The topological polar surface area (TPSA) is 66.4 Å². The lowest BCUT2D eigenvalue weighted by atomic mass is 10.2. The van der Waals surface area contributed by atoms with E-state index in [-0.39, 0.29) is 6.54 Å². The van der Waals surface area contributed by atoms with E-state index in [0.717, 1.165) is 4.47 Å². The Hall–Kier alpha value is -1.36. The second kappa shape index (κ2) is 4.76. The fourth-order valence-corrected chi connectivity index (χ4v) is 1.32. The lowest BCUT2D eigenvalue weighted by Crippen LogP contribution is -2.13. The van der Waals surface area contributed by atoms with Crippen LogP contribution in [0.25, 0.3) is 0 Å². The predicted octanol–water partition coefficient (Wildman–Crippen LogP) is 1.76. The van der Waals surface area contributed by atoms with Crippen LogP contribution in [0.1, 0.15) is 10.4 Å². The summed E-state index contributed by atoms with van der Waals surface area (Å²) in [4.78, 5) is 20.9. The molecule has 0 saturated carbocycles. The number of carboxylic acid groups (broad SMARTS) is 1. The summed E-state index contributed by atoms with van der Waals surface area (Å²) in [5.74, 6) is -0.971. The van der Waals surface area contributed by atoms with Crippen LogP contribution in [0.5, 0.6) is 0 Å². The van der Waals surface area contributed by atoms with Gasteiger partial charge >= 0.3 is 5.97 Å². The monoisotopic (exact) mass is 257 g/mol. The summed E-state index contributed by atoms with van der Waals surface area (Å²) in [6.45, 7) is -0.211. The third kappa shape index (κ3) is 2.85. The number of nitrogens with one attached hydrogen (secondary N) is 1. The first-order valence-corrected chi connectivity index (χ1v) is 4.63. The smallest absolute Gasteiger partial charge is 0.322 e. The summed E-state index contributed by atoms with van der Waals surface area (Å²) in [5.41, 5.74) is 0.950. The quantitative estimate of drug-likeness (QED) is 0.807. The van der Waals surface area contributed by atoms with E-state index in [2.05, 4.69) is 21.2 Å². The molecule has 2 N–H and O–H groups in total. The van der Waals surface area contributed by atoms with E-state index < -0.39 is 5.97 Å². The molecule has 0 bridgehead atoms. The third-order valence-corrected chi connectivity index (χ3v) is 2.07. The molecular formula is C9H8BrNO3. The SMILES string of the molecule is O=Cc1ccc(Br)cc1NCC(=O)O. The predicted molar refractivity (Wildman–Crippen MR) is 55.7 cm³/mol. The minimum Gasteiger partial charge on any atom is -0.480 e. The molecule has 0 radical (unpaired) electrons. The van der Waals surface area contributed by atoms with Crippen LogP contribution in [0.3, 0.4) is 0 Å². The molecule has 0 aliphatic heterocycles. The van der Waals surface area contributed by atoms with E-state index in [1.54, 1.807) is 18.2 Å². The zero-order chi connectivity index (χ0) is 10.6. The van der Waals surface area contributed by atoms with Gasteiger partial charge in [0.25, 0.3) is 0 Å². The molecule has 0 spiro atoms. The van der Waals surface area contributed by atoms with Gasteiger partial charge in [-0.05, 0) is 18.2 Å². The fourth-order valence-electron chi connectivity index (χ4n) is 0.955. The molecular weight excluding hydrogens is 250 g/mol. The van der Waals surface area contributed by atoms with Gasteiger partial charge in [-0.1, -0.05) is 15.9 Å². The van der Waals surface area contributed by atoms with Crippen LogP contribution in [-0.4, -0.2) is 23.9 Å². The van der Waals surface area contributed by atoms with Crippen molar-refractivity contribution in [2.75, 3.05) is 11.9 Å². The zero-order valence-electron chi connectivity index (χ0n) is 7.16. The molecule has 0 aliphatic carbocycles. The summed E-state index contributed by atoms with van der Waals surface area (Å²) in [5, 5.41) is 11.1. The highest BCUT2D eigenvalue weighted by atomic mass is 79.9. The molecule has 0 aliphatic rings. The summed E-state index contributed by atoms with van der Waals surface area (Å²) >= 11 is 3.23. The number of halogens is 1. The van der Waals surface area contributed by atoms with Gasteiger partial charge in [0.15, 0.2) is 6.29 Å². The highest BCUT2D eigenvalue weighted by Crippen LogP contribution is 2.19. The van der Waals surface area contributed by atoms with Crippen molar-refractivity contribution in [2.45, 2.75) is 0 Å². The Bertz CT molecular complexity index is 365. The van der Waals surface area contributed by atoms with Gasteiger partial charge in [-0.15, -0.1) is 0 Å². The number of aliphatic carboxylic acids is 1. The Morgan fingerprint density at radius 2 is 2.29 bits per heavy atom. The lowest BCUT2D eigenvalue weighted by Gasteiger charge is -2.06. The van der Waals surface area contributed by atoms with Crippen molar-refractivity contribution >= 4 is 33.9 Å². The number of carboxylic acids is 1. The van der Waals surface area contributed by atoms with E-state index in [0.29, 0.717) is 17.5 Å². The third-order valence-electron chi connectivity index (χ3n) is 1.57. The Morgan fingerprint density at radius 3 is 2.86 bits per heavy atom. The largest absolute Gasteiger partial charge is 0.480 e. The van der Waals surface area contributed by atoms with Crippen LogP contribution in [-0.2, 0) is 4.79 Å². The number of carbonyl (C=O) groups excluding carboxylic acids is 1. The van der Waals surface area contributed by atoms with Crippen molar-refractivity contribution in [3.05, 3.63) is 28.2 Å². The van der Waals surface area contributed by atoms with E-state index >= 15 is 0 Å². The van der Waals surface area contributed by atoms with Gasteiger partial charge < -0.3 is 10.4 Å². The molecule has 0 atom stereocenters. The zero-order valence-corrected chi connectivity index (χ0v) is 8.74. The van der Waals surface area contributed by atoms with Gasteiger partial charge in [-0.2, -0.15) is 0 Å². The maximum atomic E-state index is 10.6. The number of anilines is 1. The molecule has 4 nitrogen and oxygen atoms in total. The van der Waals surface area contributed by atoms with E-state index in [9.17, 15) is 9.59 Å². The molecule has 0 unspecified atom stereocenters. The molecule has 1 rings (SSSR count). The highest BCUT2D eigenvalue weighted by molar-refractivity contribution is 9.10. The van der Waals surface area contributed by atoms with Crippen LogP contribution in [0.4, 0.5) is 5.69 Å². The average Bonchev–Trinajstić information content (AvgIpc) is 2.15. The second-order valence-electron chi connectivity index (χ2n) is 2.60. The first kappa shape index (κ1) is 10.7. The van der Waals surface area contributed by atoms with E-state index in [4.69, 9.17) is 5.11 Å². The molecule has 0 fully saturated rings. The van der Waals surface area contributed by atoms with Gasteiger partial charge in [0.05, 0.1) is 0 Å². The van der Waals surface area contributed by atoms with Gasteiger partial charge in [0, 0.05) is 15.7 Å². The first-order valence-electron chi connectivity index (χ1n) is 3.84. The van der Waals surface area contributed by atoms with Gasteiger partial charge in [-0.3, -0.25) is 9.59 Å². The maximum absolute atomic E-state index is 10.6. The Labute approximate surface area is 89.1 Å². The van der Waals surface area contributed by atoms with Crippen LogP contribution < -0.4 is 5.32 Å². The Balaban J connectivity index is 2.87. The fraction of sp³-hybridized carbons (Fsp3) is 0.111. The molecule has 0 aromatic heterocycles. The van der Waals surface area contributed by atoms with Crippen molar-refractivity contribution < 1.29 is 14.7 Å². The summed E-state index contributed by atoms with van der Waals surface area (Å²) in [6, 6.07) is 4.99. The Kier molecular flexibility index (Phi) is 3.64. The molecule has 14 heavy (non-hydrogen) atoms. The highest BCUT2D eigenvalue weighted by Gasteiger charge is 2.03. The van der Waals surface area contributed by atoms with Crippen LogP contribution >= 0.6 is 15.9 Å². The first-order chi connectivity index (χ1) is 6.63. The van der Waals surface area contributed by atoms with Crippen molar-refractivity contribution in [1.82, 2.24) is 0 Å². The van der Waals surface area contributed by atoms with Crippen molar-refractivity contribution in [1.29, 1.82) is 0 Å². The van der Waals surface area contributed by atoms with Gasteiger partial charge in [0.1, 0.15) is 6.54 Å². The number of rotatable bonds is 4. The summed E-state index contributed by atoms with van der Waals surface area (Å²) in [6.07, 6.45) is 0.677. The second-order valence-corrected chi connectivity index (χ2v) is 3.51. The number of aldehydes is 1. The molecule has 0 heterocycles. The van der Waals surface area contributed by atoms with Gasteiger partial charge in [0.2, 0.25) is 0 Å².